The summed E-state index contributed by atoms with van der Waals surface area (Å²) in [5.74, 6) is -1.50. The molecule has 2 aliphatic rings. The summed E-state index contributed by atoms with van der Waals surface area (Å²) in [5, 5.41) is 15.0. The smallest absolute Gasteiger partial charge is 0.325 e. The van der Waals surface area contributed by atoms with Crippen molar-refractivity contribution in [1.29, 1.82) is 5.26 Å². The van der Waals surface area contributed by atoms with E-state index in [0.29, 0.717) is 31.2 Å². The molecule has 1 atom stereocenters. The van der Waals surface area contributed by atoms with Crippen LogP contribution in [0.3, 0.4) is 0 Å². The van der Waals surface area contributed by atoms with Crippen LogP contribution in [-0.2, 0) is 15.1 Å². The zero-order chi connectivity index (χ0) is 21.8. The van der Waals surface area contributed by atoms with Gasteiger partial charge in [-0.2, -0.15) is 5.26 Å². The molecule has 30 heavy (non-hydrogen) atoms. The number of nitrogens with zero attached hydrogens (tertiary/aromatic N) is 2. The van der Waals surface area contributed by atoms with Crippen LogP contribution < -0.4 is 10.6 Å². The lowest BCUT2D eigenvalue weighted by Crippen LogP contribution is -2.52. The SMILES string of the molecule is CCCC[C@@]1(c2ccc(F)cc2)NC(=O)N(CC(=O)NC2(C#N)CCCCC2)C1=O. The molecule has 160 valence electrons. The first-order valence-corrected chi connectivity index (χ1v) is 10.5. The van der Waals surface area contributed by atoms with E-state index in [1.54, 1.807) is 0 Å². The molecule has 4 amide bonds. The number of carbonyl (C=O) groups is 3. The Balaban J connectivity index is 1.80. The van der Waals surface area contributed by atoms with Crippen molar-refractivity contribution in [2.45, 2.75) is 69.4 Å². The summed E-state index contributed by atoms with van der Waals surface area (Å²) in [6.45, 7) is 1.51. The molecule has 0 unspecified atom stereocenters. The molecule has 1 heterocycles. The minimum atomic E-state index is -1.32. The molecule has 7 nitrogen and oxygen atoms in total. The Hall–Kier alpha value is -2.95. The topological polar surface area (TPSA) is 102 Å². The van der Waals surface area contributed by atoms with Crippen molar-refractivity contribution in [2.75, 3.05) is 6.54 Å². The monoisotopic (exact) mass is 414 g/mol. The number of unbranched alkanes of at least 4 members (excludes halogenated alkanes) is 1. The zero-order valence-corrected chi connectivity index (χ0v) is 17.2. The Morgan fingerprint density at radius 1 is 1.23 bits per heavy atom. The minimum absolute atomic E-state index is 0.347. The van der Waals surface area contributed by atoms with Crippen molar-refractivity contribution < 1.29 is 18.8 Å². The van der Waals surface area contributed by atoms with Crippen molar-refractivity contribution in [1.82, 2.24) is 15.5 Å². The number of hydrogen-bond acceptors (Lipinski definition) is 4. The third kappa shape index (κ3) is 4.16. The highest BCUT2D eigenvalue weighted by Gasteiger charge is 2.52. The van der Waals surface area contributed by atoms with Gasteiger partial charge in [0.2, 0.25) is 5.91 Å². The van der Waals surface area contributed by atoms with Crippen LogP contribution in [0.2, 0.25) is 0 Å². The van der Waals surface area contributed by atoms with Crippen molar-refractivity contribution in [3.63, 3.8) is 0 Å². The fraction of sp³-hybridized carbons (Fsp3) is 0.545. The first-order valence-electron chi connectivity index (χ1n) is 10.5. The number of carbonyl (C=O) groups excluding carboxylic acids is 3. The second kappa shape index (κ2) is 8.82. The quantitative estimate of drug-likeness (QED) is 0.669. The maximum Gasteiger partial charge on any atom is 0.325 e. The maximum absolute atomic E-state index is 13.4. The van der Waals surface area contributed by atoms with Crippen molar-refractivity contribution >= 4 is 17.8 Å². The first-order chi connectivity index (χ1) is 14.4. The van der Waals surface area contributed by atoms with Crippen LogP contribution in [0.5, 0.6) is 0 Å². The Kier molecular flexibility index (Phi) is 6.40. The Labute approximate surface area is 175 Å². The molecule has 1 aromatic rings. The van der Waals surface area contributed by atoms with E-state index in [9.17, 15) is 24.0 Å². The molecule has 1 aliphatic carbocycles. The van der Waals surface area contributed by atoms with Gasteiger partial charge in [0, 0.05) is 0 Å². The van der Waals surface area contributed by atoms with Gasteiger partial charge >= 0.3 is 6.03 Å². The van der Waals surface area contributed by atoms with Crippen LogP contribution in [0.4, 0.5) is 9.18 Å². The van der Waals surface area contributed by atoms with Gasteiger partial charge in [-0.3, -0.25) is 14.5 Å². The highest BCUT2D eigenvalue weighted by molar-refractivity contribution is 6.09. The number of amides is 4. The number of hydrogen-bond donors (Lipinski definition) is 2. The minimum Gasteiger partial charge on any atom is -0.336 e. The third-order valence-corrected chi connectivity index (χ3v) is 6.02. The molecule has 1 saturated heterocycles. The number of urea groups is 1. The van der Waals surface area contributed by atoms with Gasteiger partial charge in [-0.1, -0.05) is 51.2 Å². The van der Waals surface area contributed by atoms with Gasteiger partial charge < -0.3 is 10.6 Å². The van der Waals surface area contributed by atoms with E-state index in [-0.39, 0.29) is 0 Å². The van der Waals surface area contributed by atoms with E-state index in [0.717, 1.165) is 30.6 Å². The molecular formula is C22H27FN4O3. The number of nitriles is 1. The van der Waals surface area contributed by atoms with Crippen molar-refractivity contribution in [2.24, 2.45) is 0 Å². The number of benzene rings is 1. The van der Waals surface area contributed by atoms with Gasteiger partial charge in [-0.25, -0.2) is 9.18 Å². The lowest BCUT2D eigenvalue weighted by molar-refractivity contribution is -0.136. The molecule has 1 aromatic carbocycles. The van der Waals surface area contributed by atoms with Gasteiger partial charge in [0.05, 0.1) is 6.07 Å². The molecule has 0 spiro atoms. The average molecular weight is 414 g/mol. The van der Waals surface area contributed by atoms with Crippen molar-refractivity contribution in [3.8, 4) is 6.07 Å². The van der Waals surface area contributed by atoms with Gasteiger partial charge in [-0.15, -0.1) is 0 Å². The molecule has 3 rings (SSSR count). The lowest BCUT2D eigenvalue weighted by atomic mass is 9.83. The summed E-state index contributed by atoms with van der Waals surface area (Å²) >= 11 is 0. The van der Waals surface area contributed by atoms with E-state index in [1.807, 2.05) is 6.92 Å². The van der Waals surface area contributed by atoms with E-state index in [4.69, 9.17) is 0 Å². The molecule has 0 bridgehead atoms. The summed E-state index contributed by atoms with van der Waals surface area (Å²) in [5.41, 5.74) is -1.77. The Morgan fingerprint density at radius 2 is 1.90 bits per heavy atom. The molecule has 1 aliphatic heterocycles. The number of halogens is 1. The van der Waals surface area contributed by atoms with Gasteiger partial charge in [-0.05, 0) is 37.0 Å². The lowest BCUT2D eigenvalue weighted by Gasteiger charge is -2.32. The average Bonchev–Trinajstić information content (AvgIpc) is 2.98. The Morgan fingerprint density at radius 3 is 2.50 bits per heavy atom. The standard InChI is InChI=1S/C22H27FN4O3/c1-2-3-13-22(16-7-9-17(23)10-8-16)19(29)27(20(30)26-22)14-18(28)25-21(15-24)11-5-4-6-12-21/h7-10H,2-6,11-14H2,1H3,(H,25,28)(H,26,30)/t22-/m0/s1. The van der Waals surface area contributed by atoms with Crippen LogP contribution in [-0.4, -0.2) is 34.8 Å². The van der Waals surface area contributed by atoms with Crippen LogP contribution >= 0.6 is 0 Å². The molecule has 2 fully saturated rings. The normalized spacial score (nSPS) is 23.0. The molecule has 8 heteroatoms. The van der Waals surface area contributed by atoms with Crippen LogP contribution in [0.15, 0.2) is 24.3 Å². The second-order valence-electron chi connectivity index (χ2n) is 8.14. The zero-order valence-electron chi connectivity index (χ0n) is 17.2. The van der Waals surface area contributed by atoms with Gasteiger partial charge in [0.1, 0.15) is 23.4 Å². The fourth-order valence-electron chi connectivity index (χ4n) is 4.33. The molecule has 1 saturated carbocycles. The fourth-order valence-corrected chi connectivity index (χ4v) is 4.33. The molecule has 0 aromatic heterocycles. The summed E-state index contributed by atoms with van der Waals surface area (Å²) in [6, 6.07) is 7.00. The summed E-state index contributed by atoms with van der Waals surface area (Å²) < 4.78 is 13.4. The molecule has 0 radical (unpaired) electrons. The number of rotatable bonds is 7. The second-order valence-corrected chi connectivity index (χ2v) is 8.14. The number of nitrogens with one attached hydrogen (secondary N) is 2. The Bertz CT molecular complexity index is 858. The third-order valence-electron chi connectivity index (χ3n) is 6.02. The predicted molar refractivity (Wildman–Crippen MR) is 107 cm³/mol. The van der Waals surface area contributed by atoms with E-state index >= 15 is 0 Å². The van der Waals surface area contributed by atoms with Crippen LogP contribution in [0, 0.1) is 17.1 Å². The summed E-state index contributed by atoms with van der Waals surface area (Å²) in [6.07, 6.45) is 5.66. The van der Waals surface area contributed by atoms with Crippen molar-refractivity contribution in [3.05, 3.63) is 35.6 Å². The van der Waals surface area contributed by atoms with Gasteiger partial charge in [0.15, 0.2) is 0 Å². The van der Waals surface area contributed by atoms with Crippen LogP contribution in [0.1, 0.15) is 63.9 Å². The highest BCUT2D eigenvalue weighted by Crippen LogP contribution is 2.34. The summed E-state index contributed by atoms with van der Waals surface area (Å²) in [4.78, 5) is 39.5. The molecular weight excluding hydrogens is 387 g/mol. The summed E-state index contributed by atoms with van der Waals surface area (Å²) in [7, 11) is 0. The van der Waals surface area contributed by atoms with E-state index in [2.05, 4.69) is 16.7 Å². The van der Waals surface area contributed by atoms with Gasteiger partial charge in [0.25, 0.3) is 5.91 Å². The molecule has 2 N–H and O–H groups in total. The predicted octanol–water partition coefficient (Wildman–Crippen LogP) is 3.11. The number of imide groups is 1. The largest absolute Gasteiger partial charge is 0.336 e. The van der Waals surface area contributed by atoms with E-state index in [1.165, 1.54) is 24.3 Å². The highest BCUT2D eigenvalue weighted by atomic mass is 19.1. The first kappa shape index (κ1) is 21.8. The maximum atomic E-state index is 13.4. The van der Waals surface area contributed by atoms with E-state index < -0.39 is 41.3 Å². The van der Waals surface area contributed by atoms with Crippen LogP contribution in [0.25, 0.3) is 0 Å².